The Morgan fingerprint density at radius 2 is 1.73 bits per heavy atom. The van der Waals surface area contributed by atoms with Crippen LogP contribution in [0.1, 0.15) is 53.7 Å². The molecule has 1 aliphatic heterocycles. The molecule has 138 valence electrons. The summed E-state index contributed by atoms with van der Waals surface area (Å²) >= 11 is 0. The number of nitrogens with one attached hydrogen (secondary N) is 1. The molecule has 3 rings (SSSR count). The Morgan fingerprint density at radius 3 is 2.31 bits per heavy atom. The number of hydrogen-bond acceptors (Lipinski definition) is 3. The van der Waals surface area contributed by atoms with Crippen molar-refractivity contribution < 1.29 is 9.53 Å². The SMILES string of the molecule is CC[C@H](NC(=O)c1ccc(CN2CCCC2)cc1)c1ccc(OC)cc1. The molecule has 1 heterocycles. The predicted octanol–water partition coefficient (Wildman–Crippen LogP) is 4.17. The van der Waals surface area contributed by atoms with E-state index < -0.39 is 0 Å². The van der Waals surface area contributed by atoms with Gasteiger partial charge in [0.1, 0.15) is 5.75 Å². The molecule has 0 aromatic heterocycles. The summed E-state index contributed by atoms with van der Waals surface area (Å²) in [6.07, 6.45) is 3.43. The first-order chi connectivity index (χ1) is 12.7. The van der Waals surface area contributed by atoms with Gasteiger partial charge in [-0.3, -0.25) is 9.69 Å². The number of carbonyl (C=O) groups excluding carboxylic acids is 1. The number of rotatable bonds is 7. The summed E-state index contributed by atoms with van der Waals surface area (Å²) in [7, 11) is 1.65. The van der Waals surface area contributed by atoms with Crippen LogP contribution < -0.4 is 10.1 Å². The third-order valence-electron chi connectivity index (χ3n) is 5.05. The summed E-state index contributed by atoms with van der Waals surface area (Å²) in [5.74, 6) is 0.795. The van der Waals surface area contributed by atoms with Crippen LogP contribution in [0.4, 0.5) is 0 Å². The zero-order valence-electron chi connectivity index (χ0n) is 15.7. The Hall–Kier alpha value is -2.33. The summed E-state index contributed by atoms with van der Waals surface area (Å²) in [6, 6.07) is 15.9. The highest BCUT2D eigenvalue weighted by atomic mass is 16.5. The van der Waals surface area contributed by atoms with Crippen molar-refractivity contribution in [2.75, 3.05) is 20.2 Å². The van der Waals surface area contributed by atoms with Crippen LogP contribution in [-0.4, -0.2) is 31.0 Å². The van der Waals surface area contributed by atoms with Crippen LogP contribution in [0.25, 0.3) is 0 Å². The first-order valence-electron chi connectivity index (χ1n) is 9.45. The molecule has 0 saturated carbocycles. The van der Waals surface area contributed by atoms with Gasteiger partial charge in [-0.15, -0.1) is 0 Å². The van der Waals surface area contributed by atoms with Crippen LogP contribution in [0.3, 0.4) is 0 Å². The van der Waals surface area contributed by atoms with Gasteiger partial charge in [0.25, 0.3) is 5.91 Å². The second-order valence-electron chi connectivity index (χ2n) is 6.89. The predicted molar refractivity (Wildman–Crippen MR) is 104 cm³/mol. The fourth-order valence-electron chi connectivity index (χ4n) is 3.46. The molecule has 2 aromatic rings. The highest BCUT2D eigenvalue weighted by Crippen LogP contribution is 2.21. The third-order valence-corrected chi connectivity index (χ3v) is 5.05. The quantitative estimate of drug-likeness (QED) is 0.813. The lowest BCUT2D eigenvalue weighted by Crippen LogP contribution is -2.28. The highest BCUT2D eigenvalue weighted by Gasteiger charge is 2.15. The van der Waals surface area contributed by atoms with Crippen LogP contribution in [0.15, 0.2) is 48.5 Å². The standard InChI is InChI=1S/C22H28N2O2/c1-3-21(18-10-12-20(26-2)13-11-18)23-22(25)19-8-6-17(7-9-19)16-24-14-4-5-15-24/h6-13,21H,3-5,14-16H2,1-2H3,(H,23,25)/t21-/m0/s1. The minimum Gasteiger partial charge on any atom is -0.497 e. The zero-order valence-corrected chi connectivity index (χ0v) is 15.7. The summed E-state index contributed by atoms with van der Waals surface area (Å²) < 4.78 is 5.20. The molecule has 1 N–H and O–H groups in total. The molecule has 2 aromatic carbocycles. The van der Waals surface area contributed by atoms with Gasteiger partial charge in [-0.05, 0) is 67.7 Å². The smallest absolute Gasteiger partial charge is 0.251 e. The minimum absolute atomic E-state index is 0.00215. The van der Waals surface area contributed by atoms with Crippen LogP contribution >= 0.6 is 0 Å². The first-order valence-corrected chi connectivity index (χ1v) is 9.45. The fourth-order valence-corrected chi connectivity index (χ4v) is 3.46. The third kappa shape index (κ3) is 4.64. The Bertz CT molecular complexity index is 704. The van der Waals surface area contributed by atoms with Crippen molar-refractivity contribution in [2.24, 2.45) is 0 Å². The molecule has 0 unspecified atom stereocenters. The second-order valence-corrected chi connectivity index (χ2v) is 6.89. The highest BCUT2D eigenvalue weighted by molar-refractivity contribution is 5.94. The Labute approximate surface area is 156 Å². The molecule has 1 fully saturated rings. The molecular formula is C22H28N2O2. The average Bonchev–Trinajstić information content (AvgIpc) is 3.19. The number of nitrogens with zero attached hydrogens (tertiary/aromatic N) is 1. The van der Waals surface area contributed by atoms with Crippen molar-refractivity contribution in [3.05, 3.63) is 65.2 Å². The summed E-state index contributed by atoms with van der Waals surface area (Å²) in [4.78, 5) is 15.1. The van der Waals surface area contributed by atoms with E-state index in [2.05, 4.69) is 29.3 Å². The molecule has 4 heteroatoms. The molecular weight excluding hydrogens is 324 g/mol. The van der Waals surface area contributed by atoms with E-state index in [1.807, 2.05) is 36.4 Å². The van der Waals surface area contributed by atoms with Crippen molar-refractivity contribution >= 4 is 5.91 Å². The number of likely N-dealkylation sites (tertiary alicyclic amines) is 1. The Balaban J connectivity index is 1.61. The Morgan fingerprint density at radius 1 is 1.08 bits per heavy atom. The van der Waals surface area contributed by atoms with Crippen LogP contribution in [0, 0.1) is 0 Å². The van der Waals surface area contributed by atoms with E-state index in [4.69, 9.17) is 4.74 Å². The maximum Gasteiger partial charge on any atom is 0.251 e. The lowest BCUT2D eigenvalue weighted by atomic mass is 10.0. The van der Waals surface area contributed by atoms with Crippen LogP contribution in [0.2, 0.25) is 0 Å². The lowest BCUT2D eigenvalue weighted by molar-refractivity contribution is 0.0935. The van der Waals surface area contributed by atoms with E-state index in [0.29, 0.717) is 5.56 Å². The van der Waals surface area contributed by atoms with Gasteiger partial charge in [0.05, 0.1) is 13.2 Å². The van der Waals surface area contributed by atoms with Crippen LogP contribution in [-0.2, 0) is 6.54 Å². The van der Waals surface area contributed by atoms with Crippen molar-refractivity contribution in [3.8, 4) is 5.75 Å². The largest absolute Gasteiger partial charge is 0.497 e. The van der Waals surface area contributed by atoms with E-state index in [-0.39, 0.29) is 11.9 Å². The molecule has 26 heavy (non-hydrogen) atoms. The van der Waals surface area contributed by atoms with Gasteiger partial charge in [0.15, 0.2) is 0 Å². The molecule has 1 atom stereocenters. The summed E-state index contributed by atoms with van der Waals surface area (Å²) in [5, 5.41) is 3.14. The van der Waals surface area contributed by atoms with Crippen molar-refractivity contribution in [1.29, 1.82) is 0 Å². The molecule has 0 aliphatic carbocycles. The second kappa shape index (κ2) is 8.86. The number of carbonyl (C=O) groups is 1. The van der Waals surface area contributed by atoms with Crippen molar-refractivity contribution in [2.45, 2.75) is 38.8 Å². The topological polar surface area (TPSA) is 41.6 Å². The lowest BCUT2D eigenvalue weighted by Gasteiger charge is -2.18. The van der Waals surface area contributed by atoms with Gasteiger partial charge < -0.3 is 10.1 Å². The zero-order chi connectivity index (χ0) is 18.4. The van der Waals surface area contributed by atoms with Gasteiger partial charge in [-0.2, -0.15) is 0 Å². The van der Waals surface area contributed by atoms with Crippen molar-refractivity contribution in [1.82, 2.24) is 10.2 Å². The molecule has 1 amide bonds. The van der Waals surface area contributed by atoms with E-state index in [0.717, 1.165) is 24.3 Å². The normalized spacial score (nSPS) is 15.6. The maximum absolute atomic E-state index is 12.6. The number of ether oxygens (including phenoxy) is 1. The van der Waals surface area contributed by atoms with Gasteiger partial charge in [-0.1, -0.05) is 31.2 Å². The van der Waals surface area contributed by atoms with Gasteiger partial charge in [0.2, 0.25) is 0 Å². The van der Waals surface area contributed by atoms with E-state index in [1.165, 1.54) is 31.5 Å². The Kier molecular flexibility index (Phi) is 6.29. The monoisotopic (exact) mass is 352 g/mol. The van der Waals surface area contributed by atoms with Gasteiger partial charge >= 0.3 is 0 Å². The first kappa shape index (κ1) is 18.5. The molecule has 0 spiro atoms. The average molecular weight is 352 g/mol. The minimum atomic E-state index is -0.0274. The molecule has 4 nitrogen and oxygen atoms in total. The molecule has 0 bridgehead atoms. The van der Waals surface area contributed by atoms with Crippen molar-refractivity contribution in [3.63, 3.8) is 0 Å². The number of methoxy groups -OCH3 is 1. The van der Waals surface area contributed by atoms with Gasteiger partial charge in [0, 0.05) is 12.1 Å². The van der Waals surface area contributed by atoms with Gasteiger partial charge in [-0.25, -0.2) is 0 Å². The van der Waals surface area contributed by atoms with Crippen LogP contribution in [0.5, 0.6) is 5.75 Å². The molecule has 1 saturated heterocycles. The molecule has 0 radical (unpaired) electrons. The van der Waals surface area contributed by atoms with E-state index in [1.54, 1.807) is 7.11 Å². The molecule has 1 aliphatic rings. The van der Waals surface area contributed by atoms with E-state index >= 15 is 0 Å². The summed E-state index contributed by atoms with van der Waals surface area (Å²) in [6.45, 7) is 5.42. The van der Waals surface area contributed by atoms with E-state index in [9.17, 15) is 4.79 Å². The number of amides is 1. The number of hydrogen-bond donors (Lipinski definition) is 1. The number of benzene rings is 2. The maximum atomic E-state index is 12.6. The summed E-state index contributed by atoms with van der Waals surface area (Å²) in [5.41, 5.74) is 3.07. The fraction of sp³-hybridized carbons (Fsp3) is 0.409.